The molecular formula is C24H25ClN4O3S. The van der Waals surface area contributed by atoms with Gasteiger partial charge < -0.3 is 14.8 Å². The molecule has 0 radical (unpaired) electrons. The van der Waals surface area contributed by atoms with Gasteiger partial charge in [0.25, 0.3) is 0 Å². The Bertz CT molecular complexity index is 1180. The maximum atomic E-state index is 12.7. The van der Waals surface area contributed by atoms with Crippen LogP contribution in [0.4, 0.5) is 5.95 Å². The fraction of sp³-hybridized carbons (Fsp3) is 0.292. The Labute approximate surface area is 202 Å². The van der Waals surface area contributed by atoms with Crippen molar-refractivity contribution < 1.29 is 14.3 Å². The third-order valence-corrected chi connectivity index (χ3v) is 6.44. The van der Waals surface area contributed by atoms with Gasteiger partial charge in [0, 0.05) is 16.5 Å². The van der Waals surface area contributed by atoms with Crippen LogP contribution in [0.25, 0.3) is 0 Å². The molecule has 2 heterocycles. The number of ether oxygens (including phenoxy) is 2. The molecule has 0 bridgehead atoms. The van der Waals surface area contributed by atoms with Crippen molar-refractivity contribution in [2.45, 2.75) is 38.1 Å². The van der Waals surface area contributed by atoms with Gasteiger partial charge in [-0.3, -0.25) is 0 Å². The molecular weight excluding hydrogens is 460 g/mol. The predicted octanol–water partition coefficient (Wildman–Crippen LogP) is 5.47. The van der Waals surface area contributed by atoms with Crippen LogP contribution in [0.5, 0.6) is 5.75 Å². The minimum absolute atomic E-state index is 0.407. The largest absolute Gasteiger partial charge is 0.489 e. The number of esters is 1. The highest BCUT2D eigenvalue weighted by molar-refractivity contribution is 7.99. The Morgan fingerprint density at radius 2 is 2.03 bits per heavy atom. The Morgan fingerprint density at radius 3 is 2.73 bits per heavy atom. The monoisotopic (exact) mass is 484 g/mol. The first-order chi connectivity index (χ1) is 16.0. The highest BCUT2D eigenvalue weighted by Gasteiger charge is 2.35. The molecule has 1 aliphatic heterocycles. The van der Waals surface area contributed by atoms with E-state index in [1.165, 1.54) is 7.11 Å². The fourth-order valence-electron chi connectivity index (χ4n) is 3.61. The number of thioether (sulfide) groups is 1. The van der Waals surface area contributed by atoms with Crippen LogP contribution in [-0.4, -0.2) is 33.6 Å². The molecule has 2 aromatic carbocycles. The van der Waals surface area contributed by atoms with Crippen molar-refractivity contribution in [2.24, 2.45) is 0 Å². The minimum Gasteiger partial charge on any atom is -0.489 e. The van der Waals surface area contributed by atoms with Gasteiger partial charge in [0.05, 0.1) is 12.7 Å². The molecule has 4 rings (SSSR count). The first-order valence-electron chi connectivity index (χ1n) is 10.6. The molecule has 1 aliphatic rings. The summed E-state index contributed by atoms with van der Waals surface area (Å²) in [5.41, 5.74) is 3.06. The lowest BCUT2D eigenvalue weighted by molar-refractivity contribution is -0.136. The number of nitrogens with one attached hydrogen (secondary N) is 1. The number of carbonyl (C=O) groups is 1. The van der Waals surface area contributed by atoms with E-state index in [9.17, 15) is 4.79 Å². The molecule has 0 aliphatic carbocycles. The number of anilines is 1. The molecule has 7 nitrogen and oxygen atoms in total. The van der Waals surface area contributed by atoms with E-state index in [4.69, 9.17) is 21.1 Å². The number of allylic oxidation sites excluding steroid dienone is 1. The number of fused-ring (bicyclic) bond motifs is 1. The number of benzene rings is 2. The smallest absolute Gasteiger partial charge is 0.338 e. The van der Waals surface area contributed by atoms with Crippen molar-refractivity contribution in [2.75, 3.05) is 18.2 Å². The molecule has 1 N–H and O–H groups in total. The zero-order valence-corrected chi connectivity index (χ0v) is 20.2. The van der Waals surface area contributed by atoms with Crippen LogP contribution in [0.15, 0.2) is 65.0 Å². The van der Waals surface area contributed by atoms with Gasteiger partial charge in [0.15, 0.2) is 0 Å². The number of halogens is 1. The third-order valence-electron chi connectivity index (χ3n) is 5.16. The normalized spacial score (nSPS) is 15.1. The van der Waals surface area contributed by atoms with Crippen molar-refractivity contribution in [3.8, 4) is 5.75 Å². The van der Waals surface area contributed by atoms with Gasteiger partial charge in [0.1, 0.15) is 18.4 Å². The lowest BCUT2D eigenvalue weighted by atomic mass is 9.96. The Balaban J connectivity index is 1.62. The summed E-state index contributed by atoms with van der Waals surface area (Å²) in [6, 6.07) is 14.7. The number of methoxy groups -OCH3 is 1. The van der Waals surface area contributed by atoms with Crippen LogP contribution >= 0.6 is 23.4 Å². The standard InChI is InChI=1S/C24H25ClN4O3S/c1-4-12-33-24-27-23-26-15(2)20(22(30)31-3)21(29(23)28-24)17-8-10-19(11-9-17)32-14-16-6-5-7-18(25)13-16/h5-11,13,21H,4,12,14H2,1-3H3,(H,26,27,28). The molecule has 0 saturated carbocycles. The molecule has 0 spiro atoms. The molecule has 0 fully saturated rings. The Kier molecular flexibility index (Phi) is 7.25. The van der Waals surface area contributed by atoms with Gasteiger partial charge in [-0.25, -0.2) is 9.48 Å². The molecule has 172 valence electrons. The van der Waals surface area contributed by atoms with Gasteiger partial charge in [-0.15, -0.1) is 5.10 Å². The molecule has 1 unspecified atom stereocenters. The molecule has 9 heteroatoms. The quantitative estimate of drug-likeness (QED) is 0.335. The van der Waals surface area contributed by atoms with E-state index in [1.54, 1.807) is 16.4 Å². The zero-order chi connectivity index (χ0) is 23.4. The van der Waals surface area contributed by atoms with Gasteiger partial charge in [-0.1, -0.05) is 54.6 Å². The van der Waals surface area contributed by atoms with Crippen molar-refractivity contribution >= 4 is 35.3 Å². The van der Waals surface area contributed by atoms with Crippen molar-refractivity contribution in [1.82, 2.24) is 14.8 Å². The van der Waals surface area contributed by atoms with Crippen LogP contribution in [0.3, 0.4) is 0 Å². The Hall–Kier alpha value is -2.97. The number of nitrogens with zero attached hydrogens (tertiary/aromatic N) is 3. The predicted molar refractivity (Wildman–Crippen MR) is 130 cm³/mol. The highest BCUT2D eigenvalue weighted by Crippen LogP contribution is 2.37. The maximum absolute atomic E-state index is 12.7. The number of hydrogen-bond acceptors (Lipinski definition) is 7. The Morgan fingerprint density at radius 1 is 1.24 bits per heavy atom. The molecule has 3 aromatic rings. The van der Waals surface area contributed by atoms with E-state index >= 15 is 0 Å². The summed E-state index contributed by atoms with van der Waals surface area (Å²) in [7, 11) is 1.38. The van der Waals surface area contributed by atoms with E-state index in [-0.39, 0.29) is 0 Å². The maximum Gasteiger partial charge on any atom is 0.338 e. The average Bonchev–Trinajstić information content (AvgIpc) is 3.22. The second-order valence-corrected chi connectivity index (χ2v) is 9.05. The van der Waals surface area contributed by atoms with Crippen LogP contribution in [0, 0.1) is 0 Å². The van der Waals surface area contributed by atoms with Gasteiger partial charge in [-0.2, -0.15) is 4.98 Å². The first kappa shape index (κ1) is 23.2. The van der Waals surface area contributed by atoms with E-state index in [2.05, 4.69) is 22.3 Å². The van der Waals surface area contributed by atoms with Crippen LogP contribution < -0.4 is 10.1 Å². The summed E-state index contributed by atoms with van der Waals surface area (Å²) in [5, 5.41) is 9.22. The lowest BCUT2D eigenvalue weighted by Gasteiger charge is -2.27. The molecule has 1 aromatic heterocycles. The number of hydrogen-bond donors (Lipinski definition) is 1. The van der Waals surface area contributed by atoms with Crippen LogP contribution in [-0.2, 0) is 16.1 Å². The second-order valence-electron chi connectivity index (χ2n) is 7.56. The minimum atomic E-state index is -0.459. The van der Waals surface area contributed by atoms with Crippen molar-refractivity contribution in [3.63, 3.8) is 0 Å². The van der Waals surface area contributed by atoms with E-state index in [0.29, 0.717) is 39.8 Å². The SMILES string of the molecule is CCCSc1nc2n(n1)C(c1ccc(OCc3cccc(Cl)c3)cc1)C(C(=O)OC)=C(C)N2. The van der Waals surface area contributed by atoms with Gasteiger partial charge >= 0.3 is 5.97 Å². The summed E-state index contributed by atoms with van der Waals surface area (Å²) in [4.78, 5) is 17.3. The summed E-state index contributed by atoms with van der Waals surface area (Å²) in [5.74, 6) is 1.83. The highest BCUT2D eigenvalue weighted by atomic mass is 35.5. The average molecular weight is 485 g/mol. The topological polar surface area (TPSA) is 78.3 Å². The van der Waals surface area contributed by atoms with Crippen LogP contribution in [0.1, 0.15) is 37.4 Å². The van der Waals surface area contributed by atoms with Crippen LogP contribution in [0.2, 0.25) is 5.02 Å². The van der Waals surface area contributed by atoms with Gasteiger partial charge in [-0.05, 0) is 48.7 Å². The van der Waals surface area contributed by atoms with Crippen molar-refractivity contribution in [3.05, 3.63) is 76.0 Å². The number of carbonyl (C=O) groups excluding carboxylic acids is 1. The number of aromatic nitrogens is 3. The molecule has 0 saturated heterocycles. The zero-order valence-electron chi connectivity index (χ0n) is 18.7. The second kappa shape index (κ2) is 10.3. The van der Waals surface area contributed by atoms with E-state index < -0.39 is 12.0 Å². The van der Waals surface area contributed by atoms with E-state index in [0.717, 1.165) is 23.3 Å². The third kappa shape index (κ3) is 5.17. The summed E-state index contributed by atoms with van der Waals surface area (Å²) >= 11 is 7.64. The summed E-state index contributed by atoms with van der Waals surface area (Å²) in [6.07, 6.45) is 1.02. The summed E-state index contributed by atoms with van der Waals surface area (Å²) < 4.78 is 12.7. The fourth-order valence-corrected chi connectivity index (χ4v) is 4.50. The summed E-state index contributed by atoms with van der Waals surface area (Å²) in [6.45, 7) is 4.37. The molecule has 33 heavy (non-hydrogen) atoms. The molecule has 0 amide bonds. The molecule has 1 atom stereocenters. The lowest BCUT2D eigenvalue weighted by Crippen LogP contribution is -2.29. The van der Waals surface area contributed by atoms with Gasteiger partial charge in [0.2, 0.25) is 11.1 Å². The van der Waals surface area contributed by atoms with Crippen molar-refractivity contribution in [1.29, 1.82) is 0 Å². The number of rotatable bonds is 8. The first-order valence-corrected chi connectivity index (χ1v) is 12.0. The van der Waals surface area contributed by atoms with E-state index in [1.807, 2.05) is 55.5 Å².